The maximum absolute atomic E-state index is 13.5. The predicted molar refractivity (Wildman–Crippen MR) is 255 cm³/mol. The van der Waals surface area contributed by atoms with Crippen molar-refractivity contribution in [1.29, 1.82) is 0 Å². The number of amides is 1. The van der Waals surface area contributed by atoms with Crippen molar-refractivity contribution in [2.45, 2.75) is 98.2 Å². The van der Waals surface area contributed by atoms with Gasteiger partial charge in [0.1, 0.15) is 45.5 Å². The Morgan fingerprint density at radius 2 is 1.22 bits per heavy atom. The third kappa shape index (κ3) is 7.53. The lowest BCUT2D eigenvalue weighted by atomic mass is 9.71. The van der Waals surface area contributed by atoms with Gasteiger partial charge in [0.25, 0.3) is 0 Å². The summed E-state index contributed by atoms with van der Waals surface area (Å²) in [5.74, 6) is 2.57. The summed E-state index contributed by atoms with van der Waals surface area (Å²) in [5, 5.41) is 18.8. The predicted octanol–water partition coefficient (Wildman–Crippen LogP) is 9.47. The molecule has 0 bridgehead atoms. The van der Waals surface area contributed by atoms with Gasteiger partial charge in [-0.1, -0.05) is 13.8 Å². The summed E-state index contributed by atoms with van der Waals surface area (Å²) in [6.07, 6.45) is 12.7. The van der Waals surface area contributed by atoms with Crippen LogP contribution in [0.2, 0.25) is 0 Å². The van der Waals surface area contributed by atoms with Crippen LogP contribution in [0.15, 0.2) is 46.9 Å². The Hall–Kier alpha value is -6.00. The van der Waals surface area contributed by atoms with E-state index in [2.05, 4.69) is 67.4 Å². The van der Waals surface area contributed by atoms with Gasteiger partial charge in [0.05, 0.1) is 60.3 Å². The summed E-state index contributed by atoms with van der Waals surface area (Å²) in [4.78, 5) is 58.4. The number of hydrogen-bond donors (Lipinski definition) is 3. The van der Waals surface area contributed by atoms with Gasteiger partial charge in [-0.15, -0.1) is 22.7 Å². The van der Waals surface area contributed by atoms with E-state index in [1.807, 2.05) is 49.5 Å². The zero-order valence-electron chi connectivity index (χ0n) is 37.3. The van der Waals surface area contributed by atoms with Crippen molar-refractivity contribution in [1.82, 2.24) is 24.8 Å². The van der Waals surface area contributed by atoms with Gasteiger partial charge in [-0.2, -0.15) is 0 Å². The van der Waals surface area contributed by atoms with Crippen molar-refractivity contribution in [2.75, 3.05) is 31.9 Å². The average molecular weight is 900 g/mol. The largest absolute Gasteiger partial charge is 0.495 e. The molecule has 2 aliphatic carbocycles. The molecule has 0 radical (unpaired) electrons. The Morgan fingerprint density at radius 3 is 1.66 bits per heavy atom. The van der Waals surface area contributed by atoms with Crippen LogP contribution in [0.4, 0.5) is 23.0 Å². The maximum Gasteiger partial charge on any atom is 0.309 e. The van der Waals surface area contributed by atoms with Gasteiger partial charge in [0.15, 0.2) is 0 Å². The summed E-state index contributed by atoms with van der Waals surface area (Å²) in [6.45, 7) is 9.60. The number of aliphatic carboxylic acids is 1. The third-order valence-corrected chi connectivity index (χ3v) is 16.1. The number of carbonyl (C=O) groups is 2. The third-order valence-electron chi connectivity index (χ3n) is 13.8. The molecule has 1 amide bonds. The number of aryl methyl sites for hydroxylation is 2. The second kappa shape index (κ2) is 17.2. The fourth-order valence-electron chi connectivity index (χ4n) is 9.54. The second-order valence-corrected chi connectivity index (χ2v) is 19.6. The Labute approximate surface area is 380 Å². The molecule has 4 aromatic heterocycles. The Bertz CT molecular complexity index is 2890. The molecule has 3 N–H and O–H groups in total. The zero-order valence-corrected chi connectivity index (χ0v) is 38.9. The summed E-state index contributed by atoms with van der Waals surface area (Å²) in [5.41, 5.74) is 7.58. The molecule has 0 fully saturated rings. The fourth-order valence-corrected chi connectivity index (χ4v) is 12.2. The number of methoxy groups -OCH3 is 2. The molecule has 16 heteroatoms. The summed E-state index contributed by atoms with van der Waals surface area (Å²) >= 11 is 3.28. The van der Waals surface area contributed by atoms with Crippen LogP contribution in [-0.2, 0) is 48.4 Å². The molecule has 4 aliphatic rings. The number of ether oxygens (including phenoxy) is 2. The highest BCUT2D eigenvalue weighted by molar-refractivity contribution is 7.19. The van der Waals surface area contributed by atoms with Crippen molar-refractivity contribution in [2.24, 2.45) is 20.8 Å². The minimum atomic E-state index is -0.706. The Morgan fingerprint density at radius 1 is 0.750 bits per heavy atom. The standard InChI is InChI=1S/C26H31N5O2S.C22H22N4O3S/c1-6-26(25(32)31(4)15(2)3)8-7-18-21(11-26)34-24-22(18)23(28-14-29-24)30-19-9-16-12-27-13-17(16)10-20(19)33-5;1-3-22(21(27)28)5-4-14-17(8-22)30-20-18(14)19(24-11-25-20)26-15-6-12-9-23-10-13(12)7-16(15)29-2/h9-10,12,14-15H,6-8,11,13H2,1-5H3,(H,28,29,30);6-7,9,11H,3-5,8,10H2,1-2H3,(H,27,28)(H,24,25,26)/t26-;22-/m11/s1. The monoisotopic (exact) mass is 899 g/mol. The first kappa shape index (κ1) is 43.3. The molecule has 14 nitrogen and oxygen atoms in total. The number of anilines is 4. The quantitative estimate of drug-likeness (QED) is 0.113. The van der Waals surface area contributed by atoms with E-state index in [4.69, 9.17) is 9.47 Å². The highest BCUT2D eigenvalue weighted by atomic mass is 32.1. The smallest absolute Gasteiger partial charge is 0.309 e. The van der Waals surface area contributed by atoms with Crippen LogP contribution in [0.25, 0.3) is 20.4 Å². The number of nitrogens with one attached hydrogen (secondary N) is 2. The minimum Gasteiger partial charge on any atom is -0.495 e. The van der Waals surface area contributed by atoms with E-state index in [1.165, 1.54) is 16.0 Å². The molecule has 332 valence electrons. The lowest BCUT2D eigenvalue weighted by molar-refractivity contribution is -0.150. The van der Waals surface area contributed by atoms with Crippen LogP contribution in [0.3, 0.4) is 0 Å². The number of aromatic nitrogens is 4. The number of hydrogen-bond acceptors (Lipinski definition) is 14. The summed E-state index contributed by atoms with van der Waals surface area (Å²) in [7, 11) is 5.26. The molecule has 10 rings (SSSR count). The summed E-state index contributed by atoms with van der Waals surface area (Å²) < 4.78 is 11.3. The number of fused-ring (bicyclic) bond motifs is 8. The average Bonchev–Trinajstić information content (AvgIpc) is 4.12. The van der Waals surface area contributed by atoms with Gasteiger partial charge in [-0.3, -0.25) is 19.6 Å². The first-order valence-corrected chi connectivity index (χ1v) is 23.5. The first-order chi connectivity index (χ1) is 30.9. The van der Waals surface area contributed by atoms with E-state index < -0.39 is 11.4 Å². The van der Waals surface area contributed by atoms with Crippen LogP contribution in [0, 0.1) is 10.8 Å². The number of aliphatic imine (C=N–C) groups is 2. The molecule has 0 saturated carbocycles. The van der Waals surface area contributed by atoms with E-state index in [-0.39, 0.29) is 17.4 Å². The fraction of sp³-hybridized carbons (Fsp3) is 0.417. The highest BCUT2D eigenvalue weighted by Crippen LogP contribution is 2.49. The Balaban J connectivity index is 0.000000163. The van der Waals surface area contributed by atoms with Crippen molar-refractivity contribution in [3.8, 4) is 11.5 Å². The molecule has 6 heterocycles. The van der Waals surface area contributed by atoms with Crippen molar-refractivity contribution >= 4 is 90.4 Å². The van der Waals surface area contributed by atoms with E-state index in [1.54, 1.807) is 49.5 Å². The molecule has 2 atom stereocenters. The van der Waals surface area contributed by atoms with Gasteiger partial charge < -0.3 is 30.1 Å². The van der Waals surface area contributed by atoms with Crippen LogP contribution >= 0.6 is 22.7 Å². The maximum atomic E-state index is 13.5. The topological polar surface area (TPSA) is 176 Å². The number of thiophene rings is 2. The molecule has 0 unspecified atom stereocenters. The molecule has 0 saturated heterocycles. The normalized spacial score (nSPS) is 19.1. The molecule has 6 aromatic rings. The molecule has 64 heavy (non-hydrogen) atoms. The van der Waals surface area contributed by atoms with Gasteiger partial charge in [0.2, 0.25) is 5.91 Å². The number of rotatable bonds is 11. The van der Waals surface area contributed by atoms with Crippen molar-refractivity contribution in [3.05, 3.63) is 80.1 Å². The number of benzene rings is 2. The highest BCUT2D eigenvalue weighted by Gasteiger charge is 2.44. The molecule has 2 aliphatic heterocycles. The van der Waals surface area contributed by atoms with Crippen LogP contribution < -0.4 is 20.1 Å². The zero-order chi connectivity index (χ0) is 44.9. The Kier molecular flexibility index (Phi) is 11.6. The second-order valence-electron chi connectivity index (χ2n) is 17.4. The van der Waals surface area contributed by atoms with Crippen LogP contribution in [0.5, 0.6) is 11.5 Å². The summed E-state index contributed by atoms with van der Waals surface area (Å²) in [6, 6.07) is 8.34. The van der Waals surface area contributed by atoms with E-state index in [0.29, 0.717) is 38.8 Å². The van der Waals surface area contributed by atoms with Gasteiger partial charge in [0, 0.05) is 35.3 Å². The number of carbonyl (C=O) groups excluding carboxylic acids is 1. The van der Waals surface area contributed by atoms with Crippen LogP contribution in [0.1, 0.15) is 96.5 Å². The SMILES string of the molecule is CC[C@@]1(C(=O)N(C)C(C)C)CCc2c(sc3ncnc(Nc4cc5c(cc4OC)CN=C5)c23)C1.CC[C@@]1(C(=O)O)CCc2c(sc3ncnc(Nc4cc5c(cc4OC)CN=C5)c23)C1. The first-order valence-electron chi connectivity index (χ1n) is 21.9. The number of carboxylic acids is 1. The van der Waals surface area contributed by atoms with E-state index >= 15 is 0 Å². The van der Waals surface area contributed by atoms with Crippen LogP contribution in [-0.4, -0.2) is 81.6 Å². The lowest BCUT2D eigenvalue weighted by Crippen LogP contribution is -2.47. The lowest BCUT2D eigenvalue weighted by Gasteiger charge is -2.39. The van der Waals surface area contributed by atoms with Crippen molar-refractivity contribution in [3.63, 3.8) is 0 Å². The van der Waals surface area contributed by atoms with Crippen molar-refractivity contribution < 1.29 is 24.2 Å². The molecular weight excluding hydrogens is 847 g/mol. The van der Waals surface area contributed by atoms with Gasteiger partial charge in [-0.25, -0.2) is 19.9 Å². The van der Waals surface area contributed by atoms with Gasteiger partial charge >= 0.3 is 5.97 Å². The molecule has 0 spiro atoms. The van der Waals surface area contributed by atoms with E-state index in [9.17, 15) is 14.7 Å². The van der Waals surface area contributed by atoms with E-state index in [0.717, 1.165) is 108 Å². The number of carboxylic acid groups (broad SMARTS) is 1. The molecule has 2 aromatic carbocycles. The minimum absolute atomic E-state index is 0.189. The van der Waals surface area contributed by atoms with Gasteiger partial charge in [-0.05, 0) is 123 Å². The molecular formula is C48H53N9O5S2. The number of nitrogens with zero attached hydrogens (tertiary/aromatic N) is 7.